The highest BCUT2D eigenvalue weighted by Gasteiger charge is 2.21. The van der Waals surface area contributed by atoms with Crippen molar-refractivity contribution < 1.29 is 4.79 Å². The van der Waals surface area contributed by atoms with E-state index in [-0.39, 0.29) is 11.9 Å². The van der Waals surface area contributed by atoms with E-state index in [4.69, 9.17) is 4.98 Å². The van der Waals surface area contributed by atoms with Crippen LogP contribution in [0.5, 0.6) is 0 Å². The molecule has 5 nitrogen and oxygen atoms in total. The van der Waals surface area contributed by atoms with Gasteiger partial charge in [-0.05, 0) is 46.2 Å². The van der Waals surface area contributed by atoms with Gasteiger partial charge in [-0.15, -0.1) is 11.3 Å². The molecule has 0 atom stereocenters. The quantitative estimate of drug-likeness (QED) is 0.585. The van der Waals surface area contributed by atoms with Crippen LogP contribution >= 0.6 is 11.3 Å². The third kappa shape index (κ3) is 3.76. The van der Waals surface area contributed by atoms with Crippen LogP contribution in [-0.2, 0) is 0 Å². The van der Waals surface area contributed by atoms with Gasteiger partial charge in [0.15, 0.2) is 5.65 Å². The van der Waals surface area contributed by atoms with E-state index in [2.05, 4.69) is 45.8 Å². The highest BCUT2D eigenvalue weighted by atomic mass is 32.1. The van der Waals surface area contributed by atoms with E-state index >= 15 is 0 Å². The molecule has 0 aromatic carbocycles. The van der Waals surface area contributed by atoms with Gasteiger partial charge >= 0.3 is 0 Å². The molecule has 0 radical (unpaired) electrons. The van der Waals surface area contributed by atoms with Crippen molar-refractivity contribution in [3.63, 3.8) is 0 Å². The van der Waals surface area contributed by atoms with Crippen molar-refractivity contribution in [1.82, 2.24) is 19.7 Å². The highest BCUT2D eigenvalue weighted by molar-refractivity contribution is 7.12. The number of amides is 1. The minimum Gasteiger partial charge on any atom is -0.342 e. The topological polar surface area (TPSA) is 51.0 Å². The Morgan fingerprint density at radius 2 is 2.04 bits per heavy atom. The van der Waals surface area contributed by atoms with E-state index < -0.39 is 0 Å². The number of fused-ring (bicyclic) bond motifs is 1. The molecule has 3 heterocycles. The molecule has 0 aliphatic heterocycles. The Balaban J connectivity index is 2.19. The smallest absolute Gasteiger partial charge is 0.254 e. The normalized spacial score (nSPS) is 11.5. The first-order valence-electron chi connectivity index (χ1n) is 9.54. The summed E-state index contributed by atoms with van der Waals surface area (Å²) in [7, 11) is 1.87. The van der Waals surface area contributed by atoms with Crippen LogP contribution in [0.15, 0.2) is 18.3 Å². The lowest BCUT2D eigenvalue weighted by molar-refractivity contribution is 0.0795. The van der Waals surface area contributed by atoms with Gasteiger partial charge in [-0.2, -0.15) is 5.10 Å². The second kappa shape index (κ2) is 7.80. The number of thiophene rings is 1. The molecular formula is C21H28N4OS. The molecule has 0 aliphatic carbocycles. The predicted octanol–water partition coefficient (Wildman–Crippen LogP) is 5.23. The molecule has 6 heteroatoms. The summed E-state index contributed by atoms with van der Waals surface area (Å²) in [4.78, 5) is 22.3. The molecule has 3 aromatic heterocycles. The van der Waals surface area contributed by atoms with E-state index in [1.807, 2.05) is 17.8 Å². The van der Waals surface area contributed by atoms with Gasteiger partial charge in [0.05, 0.1) is 22.8 Å². The fraction of sp³-hybridized carbons (Fsp3) is 0.476. The summed E-state index contributed by atoms with van der Waals surface area (Å²) in [5, 5.41) is 5.33. The zero-order valence-corrected chi connectivity index (χ0v) is 17.9. The molecule has 0 fully saturated rings. The zero-order valence-electron chi connectivity index (χ0n) is 17.0. The maximum Gasteiger partial charge on any atom is 0.254 e. The minimum atomic E-state index is 0.0324. The van der Waals surface area contributed by atoms with Crippen LogP contribution in [0.25, 0.3) is 22.3 Å². The van der Waals surface area contributed by atoms with Crippen LogP contribution in [0, 0.1) is 13.8 Å². The van der Waals surface area contributed by atoms with Gasteiger partial charge in [0.1, 0.15) is 0 Å². The summed E-state index contributed by atoms with van der Waals surface area (Å²) in [6, 6.07) is 4.27. The second-order valence-electron chi connectivity index (χ2n) is 7.38. The molecular weight excluding hydrogens is 356 g/mol. The number of nitrogens with zero attached hydrogens (tertiary/aromatic N) is 4. The van der Waals surface area contributed by atoms with Gasteiger partial charge in [-0.1, -0.05) is 13.3 Å². The van der Waals surface area contributed by atoms with Crippen LogP contribution in [0.3, 0.4) is 0 Å². The van der Waals surface area contributed by atoms with E-state index in [1.54, 1.807) is 22.4 Å². The molecule has 0 bridgehead atoms. The molecule has 0 saturated heterocycles. The summed E-state index contributed by atoms with van der Waals surface area (Å²) >= 11 is 1.76. The monoisotopic (exact) mass is 384 g/mol. The Labute approximate surface area is 165 Å². The number of aryl methyl sites for hydroxylation is 2. The summed E-state index contributed by atoms with van der Waals surface area (Å²) < 4.78 is 1.90. The third-order valence-electron chi connectivity index (χ3n) is 4.80. The SMILES string of the molecule is CCCCN(C)C(=O)c1cc(-c2cc(C)sc2C)nc2c1cnn2C(C)C. The van der Waals surface area contributed by atoms with Crippen molar-refractivity contribution in [2.75, 3.05) is 13.6 Å². The lowest BCUT2D eigenvalue weighted by atomic mass is 10.1. The maximum absolute atomic E-state index is 13.2. The van der Waals surface area contributed by atoms with E-state index in [0.717, 1.165) is 41.7 Å². The number of hydrogen-bond acceptors (Lipinski definition) is 4. The minimum absolute atomic E-state index is 0.0324. The first-order chi connectivity index (χ1) is 12.8. The van der Waals surface area contributed by atoms with Gasteiger partial charge in [-0.3, -0.25) is 4.79 Å². The molecule has 0 unspecified atom stereocenters. The fourth-order valence-corrected chi connectivity index (χ4v) is 4.23. The number of carbonyl (C=O) groups excluding carboxylic acids is 1. The molecule has 0 N–H and O–H groups in total. The lowest BCUT2D eigenvalue weighted by Gasteiger charge is -2.18. The third-order valence-corrected chi connectivity index (χ3v) is 5.76. The van der Waals surface area contributed by atoms with Gasteiger partial charge in [-0.25, -0.2) is 9.67 Å². The summed E-state index contributed by atoms with van der Waals surface area (Å²) in [5.74, 6) is 0.0324. The van der Waals surface area contributed by atoms with Crippen molar-refractivity contribution in [1.29, 1.82) is 0 Å². The molecule has 144 valence electrons. The number of pyridine rings is 1. The molecule has 3 aromatic rings. The standard InChI is InChI=1S/C21H28N4OS/c1-7-8-9-24(6)21(26)17-11-19(16-10-14(4)27-15(16)5)23-20-18(17)12-22-25(20)13(2)3/h10-13H,7-9H2,1-6H3. The van der Waals surface area contributed by atoms with Gasteiger partial charge < -0.3 is 4.90 Å². The predicted molar refractivity (Wildman–Crippen MR) is 113 cm³/mol. The Morgan fingerprint density at radius 1 is 1.30 bits per heavy atom. The van der Waals surface area contributed by atoms with Crippen molar-refractivity contribution in [3.05, 3.63) is 33.6 Å². The Morgan fingerprint density at radius 3 is 2.63 bits per heavy atom. The van der Waals surface area contributed by atoms with Crippen LogP contribution in [0.1, 0.15) is 59.8 Å². The zero-order chi connectivity index (χ0) is 19.7. The largest absolute Gasteiger partial charge is 0.342 e. The molecule has 3 rings (SSSR count). The maximum atomic E-state index is 13.2. The van der Waals surface area contributed by atoms with E-state index in [9.17, 15) is 4.79 Å². The summed E-state index contributed by atoms with van der Waals surface area (Å²) in [5.41, 5.74) is 3.40. The molecule has 0 aliphatic rings. The van der Waals surface area contributed by atoms with Crippen molar-refractivity contribution in [2.24, 2.45) is 0 Å². The second-order valence-corrected chi connectivity index (χ2v) is 8.84. The lowest BCUT2D eigenvalue weighted by Crippen LogP contribution is -2.28. The van der Waals surface area contributed by atoms with Crippen LogP contribution in [-0.4, -0.2) is 39.2 Å². The first kappa shape index (κ1) is 19.5. The van der Waals surface area contributed by atoms with Crippen molar-refractivity contribution in [2.45, 2.75) is 53.5 Å². The number of aromatic nitrogens is 3. The molecule has 27 heavy (non-hydrogen) atoms. The van der Waals surface area contributed by atoms with E-state index in [1.165, 1.54) is 9.75 Å². The average molecular weight is 385 g/mol. The van der Waals surface area contributed by atoms with Crippen LogP contribution in [0.2, 0.25) is 0 Å². The number of unbranched alkanes of at least 4 members (excludes halogenated alkanes) is 1. The van der Waals surface area contributed by atoms with Gasteiger partial charge in [0.25, 0.3) is 5.91 Å². The summed E-state index contributed by atoms with van der Waals surface area (Å²) in [6.45, 7) is 11.3. The Bertz CT molecular complexity index is 970. The van der Waals surface area contributed by atoms with Crippen LogP contribution in [0.4, 0.5) is 0 Å². The molecule has 0 saturated carbocycles. The highest BCUT2D eigenvalue weighted by Crippen LogP contribution is 2.32. The van der Waals surface area contributed by atoms with E-state index in [0.29, 0.717) is 5.56 Å². The Kier molecular flexibility index (Phi) is 5.65. The number of carbonyl (C=O) groups is 1. The first-order valence-corrected chi connectivity index (χ1v) is 10.4. The summed E-state index contributed by atoms with van der Waals surface area (Å²) in [6.07, 6.45) is 3.84. The average Bonchev–Trinajstić information content (AvgIpc) is 3.20. The number of rotatable bonds is 6. The number of hydrogen-bond donors (Lipinski definition) is 0. The van der Waals surface area contributed by atoms with Crippen molar-refractivity contribution in [3.8, 4) is 11.3 Å². The van der Waals surface area contributed by atoms with Gasteiger partial charge in [0, 0.05) is 35.0 Å². The van der Waals surface area contributed by atoms with Crippen LogP contribution < -0.4 is 0 Å². The molecule has 1 amide bonds. The van der Waals surface area contributed by atoms with Gasteiger partial charge in [0.2, 0.25) is 0 Å². The fourth-order valence-electron chi connectivity index (χ4n) is 3.30. The van der Waals surface area contributed by atoms with Crippen molar-refractivity contribution >= 4 is 28.3 Å². The molecule has 0 spiro atoms. The Hall–Kier alpha value is -2.21.